The van der Waals surface area contributed by atoms with E-state index in [0.717, 1.165) is 12.1 Å². The van der Waals surface area contributed by atoms with Gasteiger partial charge in [0, 0.05) is 16.5 Å². The molecule has 0 aliphatic heterocycles. The Morgan fingerprint density at radius 2 is 1.73 bits per heavy atom. The Morgan fingerprint density at radius 1 is 1.05 bits per heavy atom. The molecule has 0 atom stereocenters. The minimum atomic E-state index is -4.90. The monoisotopic (exact) mass is 308 g/mol. The number of aromatic amines is 1. The van der Waals surface area contributed by atoms with Gasteiger partial charge in [0.1, 0.15) is 5.82 Å². The zero-order valence-electron chi connectivity index (χ0n) is 10.9. The molecule has 0 spiro atoms. The number of carbonyl (C=O) groups excluding carboxylic acids is 1. The third-order valence-corrected chi connectivity index (χ3v) is 3.20. The highest BCUT2D eigenvalue weighted by atomic mass is 19.4. The van der Waals surface area contributed by atoms with Crippen molar-refractivity contribution in [3.63, 3.8) is 0 Å². The summed E-state index contributed by atoms with van der Waals surface area (Å²) in [7, 11) is 0. The standard InChI is InChI=1S/C15H8F4N2O/c16-10-5-6-11-12(7-10)20-21-13(11)8-1-3-9(4-2-8)14(22)15(17,18)19/h1-7H,(H,20,21). The smallest absolute Gasteiger partial charge is 0.284 e. The topological polar surface area (TPSA) is 45.8 Å². The summed E-state index contributed by atoms with van der Waals surface area (Å²) in [6.45, 7) is 0. The Morgan fingerprint density at radius 3 is 2.36 bits per heavy atom. The van der Waals surface area contributed by atoms with Crippen molar-refractivity contribution in [3.8, 4) is 11.3 Å². The van der Waals surface area contributed by atoms with Gasteiger partial charge in [-0.05, 0) is 18.2 Å². The molecule has 0 saturated carbocycles. The van der Waals surface area contributed by atoms with Crippen LogP contribution in [0.15, 0.2) is 42.5 Å². The second-order valence-electron chi connectivity index (χ2n) is 4.67. The number of hydrogen-bond acceptors (Lipinski definition) is 2. The fourth-order valence-electron chi connectivity index (χ4n) is 2.16. The number of carbonyl (C=O) groups is 1. The summed E-state index contributed by atoms with van der Waals surface area (Å²) in [6, 6.07) is 8.99. The minimum absolute atomic E-state index is 0.422. The van der Waals surface area contributed by atoms with E-state index in [9.17, 15) is 22.4 Å². The molecule has 1 heterocycles. The highest BCUT2D eigenvalue weighted by Crippen LogP contribution is 2.28. The van der Waals surface area contributed by atoms with Crippen LogP contribution in [0, 0.1) is 5.82 Å². The van der Waals surface area contributed by atoms with Gasteiger partial charge < -0.3 is 0 Å². The predicted octanol–water partition coefficient (Wildman–Crippen LogP) is 4.11. The molecule has 2 aromatic carbocycles. The molecule has 7 heteroatoms. The van der Waals surface area contributed by atoms with Gasteiger partial charge in [-0.15, -0.1) is 0 Å². The van der Waals surface area contributed by atoms with Crippen molar-refractivity contribution >= 4 is 16.7 Å². The number of nitrogens with one attached hydrogen (secondary N) is 1. The van der Waals surface area contributed by atoms with Gasteiger partial charge in [0.15, 0.2) is 0 Å². The van der Waals surface area contributed by atoms with Crippen LogP contribution in [0.3, 0.4) is 0 Å². The van der Waals surface area contributed by atoms with Gasteiger partial charge in [0.05, 0.1) is 11.2 Å². The number of benzene rings is 2. The summed E-state index contributed by atoms with van der Waals surface area (Å²) in [5.41, 5.74) is 1.03. The molecule has 3 aromatic rings. The molecule has 0 radical (unpaired) electrons. The Kier molecular flexibility index (Phi) is 3.20. The zero-order chi connectivity index (χ0) is 15.9. The van der Waals surface area contributed by atoms with Crippen LogP contribution in [0.25, 0.3) is 22.2 Å². The number of alkyl halides is 3. The highest BCUT2D eigenvalue weighted by molar-refractivity contribution is 6.01. The van der Waals surface area contributed by atoms with Crippen molar-refractivity contribution in [1.82, 2.24) is 10.2 Å². The van der Waals surface area contributed by atoms with Gasteiger partial charge in [0.2, 0.25) is 0 Å². The second kappa shape index (κ2) is 4.94. The molecule has 0 aliphatic rings. The van der Waals surface area contributed by atoms with E-state index < -0.39 is 23.3 Å². The lowest BCUT2D eigenvalue weighted by Crippen LogP contribution is -2.22. The van der Waals surface area contributed by atoms with Gasteiger partial charge in [-0.2, -0.15) is 18.3 Å². The average molecular weight is 308 g/mol. The first-order chi connectivity index (χ1) is 10.4. The quantitative estimate of drug-likeness (QED) is 0.572. The van der Waals surface area contributed by atoms with Crippen LogP contribution in [0.4, 0.5) is 17.6 Å². The summed E-state index contributed by atoms with van der Waals surface area (Å²) in [6.07, 6.45) is -4.90. The Hall–Kier alpha value is -2.70. The van der Waals surface area contributed by atoms with Gasteiger partial charge in [-0.25, -0.2) is 4.39 Å². The Labute approximate surface area is 121 Å². The van der Waals surface area contributed by atoms with Crippen molar-refractivity contribution in [3.05, 3.63) is 53.8 Å². The highest BCUT2D eigenvalue weighted by Gasteiger charge is 2.39. The molecular formula is C15H8F4N2O. The molecule has 0 unspecified atom stereocenters. The van der Waals surface area contributed by atoms with Crippen molar-refractivity contribution in [1.29, 1.82) is 0 Å². The lowest BCUT2D eigenvalue weighted by molar-refractivity contribution is -0.0885. The SMILES string of the molecule is O=C(c1ccc(-c2n[nH]c3cc(F)ccc23)cc1)C(F)(F)F. The van der Waals surface area contributed by atoms with Crippen molar-refractivity contribution < 1.29 is 22.4 Å². The minimum Gasteiger partial charge on any atom is -0.284 e. The number of rotatable bonds is 2. The molecule has 0 saturated heterocycles. The number of fused-ring (bicyclic) bond motifs is 1. The zero-order valence-corrected chi connectivity index (χ0v) is 10.9. The molecule has 0 fully saturated rings. The van der Waals surface area contributed by atoms with E-state index in [4.69, 9.17) is 0 Å². The fourth-order valence-corrected chi connectivity index (χ4v) is 2.16. The molecule has 0 aliphatic carbocycles. The van der Waals surface area contributed by atoms with E-state index >= 15 is 0 Å². The van der Waals surface area contributed by atoms with Gasteiger partial charge in [0.25, 0.3) is 5.78 Å². The molecular weight excluding hydrogens is 300 g/mol. The normalized spacial score (nSPS) is 11.8. The van der Waals surface area contributed by atoms with Crippen molar-refractivity contribution in [2.45, 2.75) is 6.18 Å². The van der Waals surface area contributed by atoms with E-state index in [1.807, 2.05) is 0 Å². The largest absolute Gasteiger partial charge is 0.454 e. The van der Waals surface area contributed by atoms with E-state index in [2.05, 4.69) is 10.2 Å². The van der Waals surface area contributed by atoms with Gasteiger partial charge >= 0.3 is 6.18 Å². The van der Waals surface area contributed by atoms with Crippen LogP contribution in [-0.2, 0) is 0 Å². The third-order valence-electron chi connectivity index (χ3n) is 3.20. The first kappa shape index (κ1) is 14.2. The van der Waals surface area contributed by atoms with Crippen LogP contribution < -0.4 is 0 Å². The molecule has 0 amide bonds. The predicted molar refractivity (Wildman–Crippen MR) is 71.9 cm³/mol. The molecule has 3 nitrogen and oxygen atoms in total. The number of ketones is 1. The average Bonchev–Trinajstić information content (AvgIpc) is 2.88. The molecule has 1 aromatic heterocycles. The molecule has 3 rings (SSSR count). The number of hydrogen-bond donors (Lipinski definition) is 1. The summed E-state index contributed by atoms with van der Waals surface area (Å²) in [4.78, 5) is 11.1. The molecule has 0 bridgehead atoms. The van der Waals surface area contributed by atoms with E-state index in [1.165, 1.54) is 30.3 Å². The maximum atomic E-state index is 13.1. The maximum absolute atomic E-state index is 13.1. The van der Waals surface area contributed by atoms with E-state index in [-0.39, 0.29) is 0 Å². The maximum Gasteiger partial charge on any atom is 0.454 e. The summed E-state index contributed by atoms with van der Waals surface area (Å²) in [5, 5.41) is 7.32. The summed E-state index contributed by atoms with van der Waals surface area (Å²) < 4.78 is 50.2. The summed E-state index contributed by atoms with van der Waals surface area (Å²) in [5.74, 6) is -2.32. The summed E-state index contributed by atoms with van der Waals surface area (Å²) >= 11 is 0. The molecule has 22 heavy (non-hydrogen) atoms. The van der Waals surface area contributed by atoms with Gasteiger partial charge in [-0.1, -0.05) is 24.3 Å². The number of halogens is 4. The first-order valence-corrected chi connectivity index (χ1v) is 6.22. The van der Waals surface area contributed by atoms with E-state index in [0.29, 0.717) is 22.2 Å². The lowest BCUT2D eigenvalue weighted by Gasteiger charge is -2.05. The lowest BCUT2D eigenvalue weighted by atomic mass is 10.0. The molecule has 1 N–H and O–H groups in total. The second-order valence-corrected chi connectivity index (χ2v) is 4.67. The first-order valence-electron chi connectivity index (χ1n) is 6.22. The van der Waals surface area contributed by atoms with Gasteiger partial charge in [-0.3, -0.25) is 9.89 Å². The van der Waals surface area contributed by atoms with Crippen LogP contribution in [-0.4, -0.2) is 22.2 Å². The van der Waals surface area contributed by atoms with Crippen LogP contribution in [0.2, 0.25) is 0 Å². The molecule has 112 valence electrons. The third kappa shape index (κ3) is 2.45. The number of H-pyrrole nitrogens is 1. The number of Topliss-reactive ketones (excluding diaryl/α,β-unsaturated/α-hetero) is 1. The van der Waals surface area contributed by atoms with Crippen molar-refractivity contribution in [2.24, 2.45) is 0 Å². The number of aromatic nitrogens is 2. The van der Waals surface area contributed by atoms with E-state index in [1.54, 1.807) is 0 Å². The Bertz CT molecular complexity index is 850. The fraction of sp³-hybridized carbons (Fsp3) is 0.0667. The van der Waals surface area contributed by atoms with Crippen molar-refractivity contribution in [2.75, 3.05) is 0 Å². The van der Waals surface area contributed by atoms with Crippen LogP contribution >= 0.6 is 0 Å². The number of nitrogens with zero attached hydrogens (tertiary/aromatic N) is 1. The van der Waals surface area contributed by atoms with Crippen LogP contribution in [0.5, 0.6) is 0 Å². The van der Waals surface area contributed by atoms with Crippen LogP contribution in [0.1, 0.15) is 10.4 Å². The Balaban J connectivity index is 2.00.